The Bertz CT molecular complexity index is 386. The number of rotatable bonds is 8. The molecule has 3 N–H and O–H groups in total. The van der Waals surface area contributed by atoms with Crippen LogP contribution in [0.1, 0.15) is 5.56 Å². The van der Waals surface area contributed by atoms with Crippen LogP contribution in [0.25, 0.3) is 0 Å². The molecule has 0 aliphatic heterocycles. The van der Waals surface area contributed by atoms with Gasteiger partial charge in [0.25, 0.3) is 0 Å². The zero-order valence-electron chi connectivity index (χ0n) is 10.8. The van der Waals surface area contributed by atoms with Gasteiger partial charge in [0.05, 0.1) is 6.61 Å². The largest absolute Gasteiger partial charge is 0.389 e. The molecule has 100 valence electrons. The smallest absolute Gasteiger partial charge is 0.126 e. The van der Waals surface area contributed by atoms with E-state index < -0.39 is 0 Å². The van der Waals surface area contributed by atoms with Gasteiger partial charge in [0, 0.05) is 38.5 Å². The number of aromatic nitrogens is 1. The normalized spacial score (nSPS) is 10.6. The Morgan fingerprint density at radius 3 is 3.00 bits per heavy atom. The summed E-state index contributed by atoms with van der Waals surface area (Å²) in [5.41, 5.74) is 6.40. The Morgan fingerprint density at radius 1 is 1.56 bits per heavy atom. The Hall–Kier alpha value is -1.24. The molecule has 0 atom stereocenters. The Morgan fingerprint density at radius 2 is 2.33 bits per heavy atom. The molecule has 0 saturated heterocycles. The monoisotopic (exact) mass is 268 g/mol. The molecule has 0 unspecified atom stereocenters. The van der Waals surface area contributed by atoms with E-state index in [1.165, 1.54) is 0 Å². The minimum Gasteiger partial charge on any atom is -0.389 e. The summed E-state index contributed by atoms with van der Waals surface area (Å²) in [5, 5.41) is 3.24. The van der Waals surface area contributed by atoms with Crippen molar-refractivity contribution in [3.05, 3.63) is 23.9 Å². The molecule has 0 fully saturated rings. The number of pyridine rings is 1. The average Bonchev–Trinajstić information content (AvgIpc) is 2.36. The van der Waals surface area contributed by atoms with Crippen LogP contribution in [0.4, 0.5) is 5.82 Å². The van der Waals surface area contributed by atoms with E-state index in [1.807, 2.05) is 6.07 Å². The molecule has 0 bridgehead atoms. The molecule has 0 radical (unpaired) electrons. The van der Waals surface area contributed by atoms with Gasteiger partial charge in [0.2, 0.25) is 0 Å². The first-order valence-corrected chi connectivity index (χ1v) is 6.21. The summed E-state index contributed by atoms with van der Waals surface area (Å²) in [7, 11) is 3.76. The predicted molar refractivity (Wildman–Crippen MR) is 78.0 cm³/mol. The number of thiocarbonyl (C=S) groups is 1. The average molecular weight is 268 g/mol. The molecule has 1 aromatic heterocycles. The number of ether oxygens (including phenoxy) is 1. The minimum absolute atomic E-state index is 0.387. The van der Waals surface area contributed by atoms with Gasteiger partial charge in [-0.05, 0) is 19.2 Å². The summed E-state index contributed by atoms with van der Waals surface area (Å²) in [6.07, 6.45) is 1.70. The van der Waals surface area contributed by atoms with Crippen LogP contribution in [0.15, 0.2) is 18.3 Å². The summed E-state index contributed by atoms with van der Waals surface area (Å²) < 4.78 is 5.02. The van der Waals surface area contributed by atoms with Crippen molar-refractivity contribution in [3.8, 4) is 0 Å². The van der Waals surface area contributed by atoms with Crippen LogP contribution in [0.2, 0.25) is 0 Å². The van der Waals surface area contributed by atoms with E-state index in [9.17, 15) is 0 Å². The van der Waals surface area contributed by atoms with Crippen molar-refractivity contribution < 1.29 is 4.74 Å². The van der Waals surface area contributed by atoms with Crippen molar-refractivity contribution in [2.75, 3.05) is 45.7 Å². The van der Waals surface area contributed by atoms with Gasteiger partial charge in [0.15, 0.2) is 0 Å². The second-order valence-corrected chi connectivity index (χ2v) is 4.46. The number of methoxy groups -OCH3 is 1. The van der Waals surface area contributed by atoms with Gasteiger partial charge in [-0.1, -0.05) is 12.2 Å². The molecule has 0 spiro atoms. The highest BCUT2D eigenvalue weighted by Gasteiger charge is 2.00. The standard InChI is InChI=1S/C12H20N4OS/c1-16(7-8-17-2)6-5-15-11-9-10(12(13)18)3-4-14-11/h3-4,9H,5-8H2,1-2H3,(H2,13,18)(H,14,15). The number of hydrogen-bond donors (Lipinski definition) is 2. The van der Waals surface area contributed by atoms with Crippen molar-refractivity contribution in [2.24, 2.45) is 5.73 Å². The first-order chi connectivity index (χ1) is 8.63. The van der Waals surface area contributed by atoms with Crippen LogP contribution in [0.5, 0.6) is 0 Å². The van der Waals surface area contributed by atoms with E-state index in [1.54, 1.807) is 19.4 Å². The Kier molecular flexibility index (Phi) is 6.56. The van der Waals surface area contributed by atoms with E-state index in [0.717, 1.165) is 37.6 Å². The second kappa shape index (κ2) is 7.97. The summed E-state index contributed by atoms with van der Waals surface area (Å²) in [6.45, 7) is 3.39. The molecular weight excluding hydrogens is 248 g/mol. The molecule has 1 rings (SSSR count). The van der Waals surface area contributed by atoms with Gasteiger partial charge >= 0.3 is 0 Å². The van der Waals surface area contributed by atoms with E-state index >= 15 is 0 Å². The lowest BCUT2D eigenvalue weighted by Gasteiger charge is -2.16. The third kappa shape index (κ3) is 5.39. The fourth-order valence-corrected chi connectivity index (χ4v) is 1.54. The van der Waals surface area contributed by atoms with Gasteiger partial charge in [-0.25, -0.2) is 4.98 Å². The fraction of sp³-hybridized carbons (Fsp3) is 0.500. The highest BCUT2D eigenvalue weighted by atomic mass is 32.1. The number of hydrogen-bond acceptors (Lipinski definition) is 5. The fourth-order valence-electron chi connectivity index (χ4n) is 1.41. The highest BCUT2D eigenvalue weighted by molar-refractivity contribution is 7.80. The Labute approximate surface area is 113 Å². The van der Waals surface area contributed by atoms with Crippen LogP contribution in [-0.2, 0) is 4.74 Å². The molecule has 0 aliphatic rings. The maximum atomic E-state index is 5.57. The zero-order chi connectivity index (χ0) is 13.4. The van der Waals surface area contributed by atoms with Gasteiger partial charge in [-0.2, -0.15) is 0 Å². The van der Waals surface area contributed by atoms with E-state index in [2.05, 4.69) is 22.2 Å². The van der Waals surface area contributed by atoms with Crippen LogP contribution < -0.4 is 11.1 Å². The maximum Gasteiger partial charge on any atom is 0.126 e. The first-order valence-electron chi connectivity index (χ1n) is 5.80. The van der Waals surface area contributed by atoms with Crippen molar-refractivity contribution in [1.82, 2.24) is 9.88 Å². The first kappa shape index (κ1) is 14.8. The van der Waals surface area contributed by atoms with Crippen molar-refractivity contribution in [3.63, 3.8) is 0 Å². The third-order valence-electron chi connectivity index (χ3n) is 2.52. The lowest BCUT2D eigenvalue weighted by Crippen LogP contribution is -2.28. The maximum absolute atomic E-state index is 5.57. The Balaban J connectivity index is 2.35. The predicted octanol–water partition coefficient (Wildman–Crippen LogP) is 0.706. The molecular formula is C12H20N4OS. The molecule has 0 saturated carbocycles. The summed E-state index contributed by atoms with van der Waals surface area (Å²) >= 11 is 4.92. The number of nitrogens with zero attached hydrogens (tertiary/aromatic N) is 2. The van der Waals surface area contributed by atoms with Crippen LogP contribution in [-0.4, -0.2) is 55.3 Å². The van der Waals surface area contributed by atoms with Crippen molar-refractivity contribution in [2.45, 2.75) is 0 Å². The molecule has 6 heteroatoms. The molecule has 5 nitrogen and oxygen atoms in total. The lowest BCUT2D eigenvalue weighted by atomic mass is 10.2. The molecule has 1 aromatic rings. The van der Waals surface area contributed by atoms with Gasteiger partial charge in [0.1, 0.15) is 10.8 Å². The number of nitrogens with one attached hydrogen (secondary N) is 1. The quantitative estimate of drug-likeness (QED) is 0.677. The third-order valence-corrected chi connectivity index (χ3v) is 2.76. The van der Waals surface area contributed by atoms with E-state index in [4.69, 9.17) is 22.7 Å². The van der Waals surface area contributed by atoms with Crippen LogP contribution >= 0.6 is 12.2 Å². The molecule has 0 aromatic carbocycles. The van der Waals surface area contributed by atoms with Gasteiger partial charge < -0.3 is 20.7 Å². The molecule has 0 amide bonds. The molecule has 1 heterocycles. The number of nitrogens with two attached hydrogens (primary N) is 1. The van der Waals surface area contributed by atoms with Crippen LogP contribution in [0.3, 0.4) is 0 Å². The molecule has 0 aliphatic carbocycles. The second-order valence-electron chi connectivity index (χ2n) is 4.02. The highest BCUT2D eigenvalue weighted by Crippen LogP contribution is 2.06. The minimum atomic E-state index is 0.387. The lowest BCUT2D eigenvalue weighted by molar-refractivity contribution is 0.163. The van der Waals surface area contributed by atoms with E-state index in [0.29, 0.717) is 4.99 Å². The zero-order valence-corrected chi connectivity index (χ0v) is 11.7. The SMILES string of the molecule is COCCN(C)CCNc1cc(C(N)=S)ccn1. The topological polar surface area (TPSA) is 63.4 Å². The molecule has 18 heavy (non-hydrogen) atoms. The summed E-state index contributed by atoms with van der Waals surface area (Å²) in [5.74, 6) is 0.792. The number of anilines is 1. The summed E-state index contributed by atoms with van der Waals surface area (Å²) in [6, 6.07) is 3.66. The van der Waals surface area contributed by atoms with Gasteiger partial charge in [-0.15, -0.1) is 0 Å². The number of likely N-dealkylation sites (N-methyl/N-ethyl adjacent to an activating group) is 1. The van der Waals surface area contributed by atoms with Crippen LogP contribution in [0, 0.1) is 0 Å². The van der Waals surface area contributed by atoms with Crippen molar-refractivity contribution >= 4 is 23.0 Å². The summed E-state index contributed by atoms with van der Waals surface area (Å²) in [4.78, 5) is 6.79. The van der Waals surface area contributed by atoms with Crippen molar-refractivity contribution in [1.29, 1.82) is 0 Å². The van der Waals surface area contributed by atoms with E-state index in [-0.39, 0.29) is 0 Å². The van der Waals surface area contributed by atoms with Gasteiger partial charge in [-0.3, -0.25) is 0 Å².